The average molecular weight is 296 g/mol. The van der Waals surface area contributed by atoms with Crippen LogP contribution in [0.4, 0.5) is 0 Å². The lowest BCUT2D eigenvalue weighted by molar-refractivity contribution is -0.134. The maximum absolute atomic E-state index is 12.0. The standard InChI is InChI=1S/C16H16N4O2/c21-15-12-19(9-8-17-15)16(22)7-6-13-10-18-20(11-13)14-4-2-1-3-5-14/h1-7,10-11H,8-9,12H2,(H,17,21). The number of carbonyl (C=O) groups is 2. The summed E-state index contributed by atoms with van der Waals surface area (Å²) < 4.78 is 1.75. The van der Waals surface area contributed by atoms with Crippen LogP contribution in [-0.2, 0) is 9.59 Å². The van der Waals surface area contributed by atoms with Crippen molar-refractivity contribution in [1.29, 1.82) is 0 Å². The van der Waals surface area contributed by atoms with Crippen LogP contribution in [0.2, 0.25) is 0 Å². The molecule has 0 radical (unpaired) electrons. The van der Waals surface area contributed by atoms with E-state index in [1.165, 1.54) is 11.0 Å². The van der Waals surface area contributed by atoms with Gasteiger partial charge in [0.05, 0.1) is 18.4 Å². The summed E-state index contributed by atoms with van der Waals surface area (Å²) in [7, 11) is 0. The van der Waals surface area contributed by atoms with Crippen LogP contribution in [0.25, 0.3) is 11.8 Å². The molecule has 112 valence electrons. The van der Waals surface area contributed by atoms with Crippen LogP contribution in [0.5, 0.6) is 0 Å². The first-order chi connectivity index (χ1) is 10.7. The molecule has 0 aliphatic carbocycles. The Labute approximate surface area is 128 Å². The van der Waals surface area contributed by atoms with Gasteiger partial charge in [0, 0.05) is 30.9 Å². The third-order valence-corrected chi connectivity index (χ3v) is 3.39. The molecule has 1 aromatic heterocycles. The summed E-state index contributed by atoms with van der Waals surface area (Å²) in [5.41, 5.74) is 1.79. The van der Waals surface area contributed by atoms with Gasteiger partial charge in [0.2, 0.25) is 11.8 Å². The molecule has 1 N–H and O–H groups in total. The van der Waals surface area contributed by atoms with Crippen molar-refractivity contribution in [3.63, 3.8) is 0 Å². The highest BCUT2D eigenvalue weighted by molar-refractivity contribution is 5.94. The molecule has 0 spiro atoms. The predicted molar refractivity (Wildman–Crippen MR) is 82.2 cm³/mol. The lowest BCUT2D eigenvalue weighted by atomic mass is 10.3. The van der Waals surface area contributed by atoms with Crippen LogP contribution in [0.3, 0.4) is 0 Å². The molecule has 1 aromatic carbocycles. The number of nitrogens with one attached hydrogen (secondary N) is 1. The number of carbonyl (C=O) groups excluding carboxylic acids is 2. The minimum atomic E-state index is -0.165. The van der Waals surface area contributed by atoms with Crippen molar-refractivity contribution < 1.29 is 9.59 Å². The summed E-state index contributed by atoms with van der Waals surface area (Å²) in [5, 5.41) is 6.96. The van der Waals surface area contributed by atoms with E-state index < -0.39 is 0 Å². The van der Waals surface area contributed by atoms with Crippen molar-refractivity contribution in [1.82, 2.24) is 20.0 Å². The number of nitrogens with zero attached hydrogens (tertiary/aromatic N) is 3. The zero-order chi connectivity index (χ0) is 15.4. The van der Waals surface area contributed by atoms with E-state index in [0.717, 1.165) is 11.3 Å². The topological polar surface area (TPSA) is 67.2 Å². The number of rotatable bonds is 3. The predicted octanol–water partition coefficient (Wildman–Crippen LogP) is 0.844. The molecule has 3 rings (SSSR count). The lowest BCUT2D eigenvalue weighted by Gasteiger charge is -2.25. The highest BCUT2D eigenvalue weighted by Crippen LogP contribution is 2.09. The summed E-state index contributed by atoms with van der Waals surface area (Å²) in [6, 6.07) is 9.74. The molecule has 0 saturated carbocycles. The fraction of sp³-hybridized carbons (Fsp3) is 0.188. The largest absolute Gasteiger partial charge is 0.353 e. The third-order valence-electron chi connectivity index (χ3n) is 3.39. The van der Waals surface area contributed by atoms with Gasteiger partial charge in [-0.15, -0.1) is 0 Å². The van der Waals surface area contributed by atoms with Crippen LogP contribution in [0, 0.1) is 0 Å². The molecule has 6 nitrogen and oxygen atoms in total. The molecular formula is C16H16N4O2. The molecule has 0 unspecified atom stereocenters. The van der Waals surface area contributed by atoms with Gasteiger partial charge in [-0.05, 0) is 18.2 Å². The van der Waals surface area contributed by atoms with Crippen molar-refractivity contribution in [2.24, 2.45) is 0 Å². The number of aromatic nitrogens is 2. The average Bonchev–Trinajstić information content (AvgIpc) is 3.02. The molecule has 0 atom stereocenters. The lowest BCUT2D eigenvalue weighted by Crippen LogP contribution is -2.49. The molecule has 2 aromatic rings. The molecule has 1 aliphatic rings. The van der Waals surface area contributed by atoms with E-state index in [9.17, 15) is 9.59 Å². The van der Waals surface area contributed by atoms with E-state index in [1.807, 2.05) is 36.5 Å². The molecular weight excluding hydrogens is 280 g/mol. The Morgan fingerprint density at radius 1 is 1.27 bits per heavy atom. The first-order valence-corrected chi connectivity index (χ1v) is 7.06. The summed E-state index contributed by atoms with van der Waals surface area (Å²) >= 11 is 0. The minimum absolute atomic E-state index is 0.118. The van der Waals surface area contributed by atoms with Crippen molar-refractivity contribution in [3.05, 3.63) is 54.4 Å². The Kier molecular flexibility index (Phi) is 4.00. The Balaban J connectivity index is 1.67. The van der Waals surface area contributed by atoms with Crippen LogP contribution < -0.4 is 5.32 Å². The van der Waals surface area contributed by atoms with E-state index in [2.05, 4.69) is 10.4 Å². The van der Waals surface area contributed by atoms with E-state index in [4.69, 9.17) is 0 Å². The van der Waals surface area contributed by atoms with Gasteiger partial charge < -0.3 is 10.2 Å². The number of benzene rings is 1. The second-order valence-electron chi connectivity index (χ2n) is 5.00. The van der Waals surface area contributed by atoms with E-state index in [-0.39, 0.29) is 18.4 Å². The quantitative estimate of drug-likeness (QED) is 0.854. The fourth-order valence-electron chi connectivity index (χ4n) is 2.24. The molecule has 2 heterocycles. The van der Waals surface area contributed by atoms with Crippen molar-refractivity contribution >= 4 is 17.9 Å². The van der Waals surface area contributed by atoms with E-state index in [1.54, 1.807) is 17.0 Å². The summed E-state index contributed by atoms with van der Waals surface area (Å²) in [6.45, 7) is 1.16. The minimum Gasteiger partial charge on any atom is -0.353 e. The van der Waals surface area contributed by atoms with Crippen molar-refractivity contribution in [2.75, 3.05) is 19.6 Å². The van der Waals surface area contributed by atoms with Crippen LogP contribution in [-0.4, -0.2) is 46.1 Å². The monoisotopic (exact) mass is 296 g/mol. The van der Waals surface area contributed by atoms with E-state index >= 15 is 0 Å². The summed E-state index contributed by atoms with van der Waals surface area (Å²) in [5.74, 6) is -0.285. The molecule has 6 heteroatoms. The maximum Gasteiger partial charge on any atom is 0.247 e. The Morgan fingerprint density at radius 2 is 2.09 bits per heavy atom. The van der Waals surface area contributed by atoms with Gasteiger partial charge in [0.15, 0.2) is 0 Å². The van der Waals surface area contributed by atoms with Crippen LogP contribution in [0.1, 0.15) is 5.56 Å². The Morgan fingerprint density at radius 3 is 2.86 bits per heavy atom. The number of amides is 2. The first kappa shape index (κ1) is 14.1. The fourth-order valence-corrected chi connectivity index (χ4v) is 2.24. The van der Waals surface area contributed by atoms with Crippen LogP contribution in [0.15, 0.2) is 48.8 Å². The Bertz CT molecular complexity index is 706. The third kappa shape index (κ3) is 3.22. The van der Waals surface area contributed by atoms with Gasteiger partial charge in [-0.3, -0.25) is 9.59 Å². The normalized spacial score (nSPS) is 15.1. The highest BCUT2D eigenvalue weighted by atomic mass is 16.2. The number of hydrogen-bond donors (Lipinski definition) is 1. The summed E-state index contributed by atoms with van der Waals surface area (Å²) in [4.78, 5) is 24.8. The SMILES string of the molecule is O=C1CN(C(=O)C=Cc2cnn(-c3ccccc3)c2)CCN1. The van der Waals surface area contributed by atoms with Gasteiger partial charge in [0.25, 0.3) is 0 Å². The number of para-hydroxylation sites is 1. The zero-order valence-electron chi connectivity index (χ0n) is 12.0. The molecule has 22 heavy (non-hydrogen) atoms. The number of piperazine rings is 1. The molecule has 2 amide bonds. The van der Waals surface area contributed by atoms with Crippen molar-refractivity contribution in [2.45, 2.75) is 0 Å². The second kappa shape index (κ2) is 6.26. The van der Waals surface area contributed by atoms with Gasteiger partial charge in [-0.2, -0.15) is 5.10 Å². The van der Waals surface area contributed by atoms with Gasteiger partial charge in [0.1, 0.15) is 0 Å². The number of hydrogen-bond acceptors (Lipinski definition) is 3. The maximum atomic E-state index is 12.0. The molecule has 1 fully saturated rings. The van der Waals surface area contributed by atoms with E-state index in [0.29, 0.717) is 13.1 Å². The van der Waals surface area contributed by atoms with Crippen LogP contribution >= 0.6 is 0 Å². The van der Waals surface area contributed by atoms with Crippen molar-refractivity contribution in [3.8, 4) is 5.69 Å². The van der Waals surface area contributed by atoms with Gasteiger partial charge >= 0.3 is 0 Å². The summed E-state index contributed by atoms with van der Waals surface area (Å²) in [6.07, 6.45) is 6.73. The first-order valence-electron chi connectivity index (χ1n) is 7.06. The highest BCUT2D eigenvalue weighted by Gasteiger charge is 2.18. The smallest absolute Gasteiger partial charge is 0.247 e. The molecule has 1 saturated heterocycles. The molecule has 0 bridgehead atoms. The molecule has 1 aliphatic heterocycles. The van der Waals surface area contributed by atoms with Gasteiger partial charge in [-0.25, -0.2) is 4.68 Å². The Hall–Kier alpha value is -2.89. The zero-order valence-corrected chi connectivity index (χ0v) is 12.0. The van der Waals surface area contributed by atoms with Gasteiger partial charge in [-0.1, -0.05) is 18.2 Å². The second-order valence-corrected chi connectivity index (χ2v) is 5.00.